The fraction of sp³-hybridized carbons (Fsp3) is 0.0370. The third-order valence-electron chi connectivity index (χ3n) is 5.32. The molecular formula is C27H21Cl2N5O4S. The van der Waals surface area contributed by atoms with E-state index in [1.165, 1.54) is 30.5 Å². The van der Waals surface area contributed by atoms with Gasteiger partial charge in [0, 0.05) is 16.8 Å². The molecule has 12 heteroatoms. The Bertz CT molecular complexity index is 1680. The summed E-state index contributed by atoms with van der Waals surface area (Å²) < 4.78 is 28.5. The van der Waals surface area contributed by atoms with Gasteiger partial charge in [-0.05, 0) is 55.0 Å². The minimum absolute atomic E-state index is 0.0472. The van der Waals surface area contributed by atoms with Crippen LogP contribution in [0.3, 0.4) is 0 Å². The van der Waals surface area contributed by atoms with Crippen molar-refractivity contribution in [2.75, 3.05) is 10.0 Å². The second-order valence-corrected chi connectivity index (χ2v) is 10.6. The molecule has 0 unspecified atom stereocenters. The molecule has 0 saturated carbocycles. The van der Waals surface area contributed by atoms with Gasteiger partial charge in [-0.2, -0.15) is 0 Å². The van der Waals surface area contributed by atoms with Crippen LogP contribution in [-0.4, -0.2) is 24.4 Å². The van der Waals surface area contributed by atoms with E-state index in [9.17, 15) is 18.3 Å². The molecule has 9 nitrogen and oxygen atoms in total. The lowest BCUT2D eigenvalue weighted by molar-refractivity contribution is -0.112. The van der Waals surface area contributed by atoms with Crippen molar-refractivity contribution in [1.29, 1.82) is 0 Å². The third kappa shape index (κ3) is 6.99. The van der Waals surface area contributed by atoms with E-state index in [-0.39, 0.29) is 21.3 Å². The van der Waals surface area contributed by atoms with Crippen molar-refractivity contribution in [3.05, 3.63) is 118 Å². The number of nitrogens with one attached hydrogen (secondary N) is 2. The lowest BCUT2D eigenvalue weighted by Crippen LogP contribution is -2.15. The van der Waals surface area contributed by atoms with Gasteiger partial charge in [-0.15, -0.1) is 10.2 Å². The zero-order valence-corrected chi connectivity index (χ0v) is 22.7. The van der Waals surface area contributed by atoms with Crippen LogP contribution in [0.15, 0.2) is 112 Å². The number of halogens is 2. The number of aromatic nitrogens is 1. The summed E-state index contributed by atoms with van der Waals surface area (Å²) in [7, 11) is -4.05. The second-order valence-electron chi connectivity index (χ2n) is 8.14. The van der Waals surface area contributed by atoms with E-state index in [1.807, 2.05) is 0 Å². The maximum atomic E-state index is 13.1. The number of nitrogens with zero attached hydrogens (tertiary/aromatic N) is 3. The first-order chi connectivity index (χ1) is 18.6. The first-order valence-corrected chi connectivity index (χ1v) is 13.6. The number of carbonyl (C=O) groups excluding carboxylic acids is 1. The van der Waals surface area contributed by atoms with Crippen LogP contribution < -0.4 is 10.0 Å². The van der Waals surface area contributed by atoms with Crippen molar-refractivity contribution in [2.45, 2.75) is 11.8 Å². The Labute approximate surface area is 234 Å². The minimum atomic E-state index is -4.05. The molecule has 4 aromatic rings. The Kier molecular flexibility index (Phi) is 8.60. The summed E-state index contributed by atoms with van der Waals surface area (Å²) in [5.41, 5.74) is 1.27. The largest absolute Gasteiger partial charge is 0.505 e. The summed E-state index contributed by atoms with van der Waals surface area (Å²) in [5.74, 6) is -1.22. The highest BCUT2D eigenvalue weighted by Gasteiger charge is 2.19. The molecule has 4 rings (SSSR count). The summed E-state index contributed by atoms with van der Waals surface area (Å²) >= 11 is 12.4. The predicted molar refractivity (Wildman–Crippen MR) is 152 cm³/mol. The van der Waals surface area contributed by atoms with E-state index in [1.54, 1.807) is 67.7 Å². The Morgan fingerprint density at radius 2 is 1.69 bits per heavy atom. The van der Waals surface area contributed by atoms with Crippen molar-refractivity contribution in [3.8, 4) is 0 Å². The highest BCUT2D eigenvalue weighted by molar-refractivity contribution is 7.92. The first kappa shape index (κ1) is 27.8. The summed E-state index contributed by atoms with van der Waals surface area (Å²) in [6.45, 7) is 1.80. The van der Waals surface area contributed by atoms with Crippen LogP contribution in [0.25, 0.3) is 5.76 Å². The van der Waals surface area contributed by atoms with Crippen LogP contribution in [0.1, 0.15) is 11.1 Å². The van der Waals surface area contributed by atoms with Crippen LogP contribution in [-0.2, 0) is 14.8 Å². The molecule has 39 heavy (non-hydrogen) atoms. The molecule has 1 amide bonds. The van der Waals surface area contributed by atoms with Crippen molar-refractivity contribution in [3.63, 3.8) is 0 Å². The quantitative estimate of drug-likeness (QED) is 0.115. The van der Waals surface area contributed by atoms with Crippen LogP contribution >= 0.6 is 23.2 Å². The molecule has 198 valence electrons. The number of carbonyl (C=O) groups is 1. The van der Waals surface area contributed by atoms with E-state index >= 15 is 0 Å². The van der Waals surface area contributed by atoms with Gasteiger partial charge in [0.05, 0.1) is 27.5 Å². The summed E-state index contributed by atoms with van der Waals surface area (Å²) in [4.78, 5) is 16.8. The van der Waals surface area contributed by atoms with Crippen molar-refractivity contribution in [2.24, 2.45) is 10.2 Å². The highest BCUT2D eigenvalue weighted by Crippen LogP contribution is 2.31. The highest BCUT2D eigenvalue weighted by atomic mass is 35.5. The maximum Gasteiger partial charge on any atom is 0.280 e. The van der Waals surface area contributed by atoms with Gasteiger partial charge < -0.3 is 10.4 Å². The molecule has 3 N–H and O–H groups in total. The molecule has 0 atom stereocenters. The number of benzene rings is 3. The SMILES string of the molecule is Cc1ccc(NS(=O)(=O)c2ccc(Cl)c(N=N/C(C(=O)Nc3cccnc3)=C(\O)c3ccccc3)c2)cc1Cl. The smallest absolute Gasteiger partial charge is 0.280 e. The van der Waals surface area contributed by atoms with Gasteiger partial charge in [-0.3, -0.25) is 14.5 Å². The lowest BCUT2D eigenvalue weighted by Gasteiger charge is -2.10. The number of aryl methyl sites for hydroxylation is 1. The standard InChI is InChI=1S/C27H21Cl2N5O4S/c1-17-9-10-19(14-23(17)29)34-39(37,38)21-11-12-22(28)24(15-21)32-33-25(26(35)18-6-3-2-4-7-18)27(36)31-20-8-5-13-30-16-20/h2-16,34-35H,1H3,(H,31,36)/b26-25-,33-32?. The van der Waals surface area contributed by atoms with E-state index in [2.05, 4.69) is 25.3 Å². The molecule has 0 fully saturated rings. The van der Waals surface area contributed by atoms with Crippen molar-refractivity contribution in [1.82, 2.24) is 4.98 Å². The number of amides is 1. The molecule has 0 aliphatic rings. The minimum Gasteiger partial charge on any atom is -0.505 e. The Morgan fingerprint density at radius 1 is 0.923 bits per heavy atom. The predicted octanol–water partition coefficient (Wildman–Crippen LogP) is 7.15. The number of aliphatic hydroxyl groups excluding tert-OH is 1. The number of pyridine rings is 1. The van der Waals surface area contributed by atoms with Crippen LogP contribution in [0.4, 0.5) is 17.1 Å². The topological polar surface area (TPSA) is 133 Å². The normalized spacial score (nSPS) is 12.2. The monoisotopic (exact) mass is 581 g/mol. The average molecular weight is 582 g/mol. The van der Waals surface area contributed by atoms with Gasteiger partial charge in [0.25, 0.3) is 15.9 Å². The van der Waals surface area contributed by atoms with Gasteiger partial charge >= 0.3 is 0 Å². The fourth-order valence-corrected chi connectivity index (χ4v) is 4.68. The molecule has 0 saturated heterocycles. The third-order valence-corrected chi connectivity index (χ3v) is 7.42. The van der Waals surface area contributed by atoms with Crippen LogP contribution in [0, 0.1) is 6.92 Å². The van der Waals surface area contributed by atoms with Crippen LogP contribution in [0.2, 0.25) is 10.0 Å². The summed E-state index contributed by atoms with van der Waals surface area (Å²) in [5, 5.41) is 21.9. The maximum absolute atomic E-state index is 13.1. The van der Waals surface area contributed by atoms with Crippen molar-refractivity contribution < 1.29 is 18.3 Å². The first-order valence-electron chi connectivity index (χ1n) is 11.3. The van der Waals surface area contributed by atoms with Crippen LogP contribution in [0.5, 0.6) is 0 Å². The van der Waals surface area contributed by atoms with Gasteiger partial charge in [0.1, 0.15) is 5.69 Å². The molecule has 3 aromatic carbocycles. The second kappa shape index (κ2) is 12.1. The number of sulfonamides is 1. The van der Waals surface area contributed by atoms with E-state index < -0.39 is 27.4 Å². The van der Waals surface area contributed by atoms with E-state index in [0.29, 0.717) is 16.3 Å². The van der Waals surface area contributed by atoms with Gasteiger partial charge in [0.15, 0.2) is 11.5 Å². The molecule has 1 aromatic heterocycles. The molecule has 0 bridgehead atoms. The number of hydrogen-bond acceptors (Lipinski definition) is 7. The van der Waals surface area contributed by atoms with Gasteiger partial charge in [-0.25, -0.2) is 8.42 Å². The molecule has 0 spiro atoms. The average Bonchev–Trinajstić information content (AvgIpc) is 2.92. The molecule has 1 heterocycles. The Balaban J connectivity index is 1.68. The number of rotatable bonds is 8. The number of azo groups is 1. The molecular weight excluding hydrogens is 561 g/mol. The van der Waals surface area contributed by atoms with E-state index in [0.717, 1.165) is 5.56 Å². The number of hydrogen-bond donors (Lipinski definition) is 3. The number of aliphatic hydroxyl groups is 1. The van der Waals surface area contributed by atoms with Gasteiger partial charge in [0.2, 0.25) is 0 Å². The summed E-state index contributed by atoms with van der Waals surface area (Å²) in [6, 6.07) is 20.1. The fourth-order valence-electron chi connectivity index (χ4n) is 3.27. The molecule has 0 aliphatic heterocycles. The zero-order valence-electron chi connectivity index (χ0n) is 20.3. The Hall–Kier alpha value is -4.25. The van der Waals surface area contributed by atoms with E-state index in [4.69, 9.17) is 23.2 Å². The van der Waals surface area contributed by atoms with Crippen molar-refractivity contribution >= 4 is 62.0 Å². The lowest BCUT2D eigenvalue weighted by atomic mass is 10.1. The molecule has 0 aliphatic carbocycles. The molecule has 0 radical (unpaired) electrons. The van der Waals surface area contributed by atoms with Gasteiger partial charge in [-0.1, -0.05) is 59.6 Å². The Morgan fingerprint density at radius 3 is 2.38 bits per heavy atom. The number of anilines is 2. The summed E-state index contributed by atoms with van der Waals surface area (Å²) in [6.07, 6.45) is 2.96. The zero-order chi connectivity index (χ0) is 28.0.